The van der Waals surface area contributed by atoms with Gasteiger partial charge in [-0.2, -0.15) is 0 Å². The Morgan fingerprint density at radius 1 is 1.03 bits per heavy atom. The fourth-order valence-corrected chi connectivity index (χ4v) is 2.95. The number of nitrogens with one attached hydrogen (secondary N) is 1. The second-order valence-corrected chi connectivity index (χ2v) is 6.72. The van der Waals surface area contributed by atoms with Crippen LogP contribution in [0.1, 0.15) is 22.0 Å². The van der Waals surface area contributed by atoms with E-state index < -0.39 is 23.3 Å². The molecule has 6 nitrogen and oxygen atoms in total. The molecular formula is C22H19ClN2O4. The van der Waals surface area contributed by atoms with Crippen LogP contribution in [0, 0.1) is 0 Å². The Kier molecular flexibility index (Phi) is 6.46. The third kappa shape index (κ3) is 4.92. The molecule has 0 bridgehead atoms. The monoisotopic (exact) mass is 410 g/mol. The van der Waals surface area contributed by atoms with Crippen LogP contribution >= 0.6 is 11.6 Å². The molecule has 1 aromatic heterocycles. The molecule has 148 valence electrons. The van der Waals surface area contributed by atoms with Crippen molar-refractivity contribution < 1.29 is 14.3 Å². The zero-order chi connectivity index (χ0) is 20.8. The minimum atomic E-state index is -1.33. The molecule has 0 aliphatic rings. The molecule has 29 heavy (non-hydrogen) atoms. The summed E-state index contributed by atoms with van der Waals surface area (Å²) in [5, 5.41) is 3.21. The van der Waals surface area contributed by atoms with Crippen LogP contribution in [0.5, 0.6) is 5.75 Å². The van der Waals surface area contributed by atoms with Gasteiger partial charge in [0.05, 0.1) is 7.11 Å². The minimum absolute atomic E-state index is 0.203. The van der Waals surface area contributed by atoms with Gasteiger partial charge in [0.25, 0.3) is 11.5 Å². The summed E-state index contributed by atoms with van der Waals surface area (Å²) in [6.45, 7) is 0.203. The van der Waals surface area contributed by atoms with Crippen LogP contribution in [0.2, 0.25) is 5.02 Å². The maximum Gasteiger partial charge on any atom is 0.251 e. The van der Waals surface area contributed by atoms with E-state index in [1.165, 1.54) is 24.4 Å². The maximum atomic E-state index is 13.1. The summed E-state index contributed by atoms with van der Waals surface area (Å²) >= 11 is 5.89. The van der Waals surface area contributed by atoms with Crippen LogP contribution in [-0.2, 0) is 11.3 Å². The molecular weight excluding hydrogens is 392 g/mol. The number of nitrogens with zero attached hydrogens (tertiary/aromatic N) is 1. The number of ketones is 1. The van der Waals surface area contributed by atoms with Gasteiger partial charge in [0.2, 0.25) is 0 Å². The van der Waals surface area contributed by atoms with E-state index in [1.807, 2.05) is 12.1 Å². The van der Waals surface area contributed by atoms with Gasteiger partial charge >= 0.3 is 0 Å². The molecule has 7 heteroatoms. The number of hydrogen-bond donors (Lipinski definition) is 1. The summed E-state index contributed by atoms with van der Waals surface area (Å²) in [6, 6.07) is 16.5. The molecule has 1 N–H and O–H groups in total. The average molecular weight is 411 g/mol. The highest BCUT2D eigenvalue weighted by Crippen LogP contribution is 2.17. The Morgan fingerprint density at radius 2 is 1.72 bits per heavy atom. The van der Waals surface area contributed by atoms with E-state index in [0.717, 1.165) is 10.1 Å². The van der Waals surface area contributed by atoms with Crippen LogP contribution in [-0.4, -0.2) is 23.4 Å². The first kappa shape index (κ1) is 20.4. The van der Waals surface area contributed by atoms with Crippen LogP contribution in [0.4, 0.5) is 0 Å². The van der Waals surface area contributed by atoms with Crippen LogP contribution < -0.4 is 15.6 Å². The number of aromatic nitrogens is 1. The molecule has 1 atom stereocenters. The number of halogens is 1. The topological polar surface area (TPSA) is 77.4 Å². The molecule has 0 spiro atoms. The van der Waals surface area contributed by atoms with Crippen molar-refractivity contribution in [3.63, 3.8) is 0 Å². The predicted octanol–water partition coefficient (Wildman–Crippen LogP) is 3.25. The molecule has 0 saturated heterocycles. The molecule has 0 fully saturated rings. The number of methoxy groups -OCH3 is 1. The summed E-state index contributed by atoms with van der Waals surface area (Å²) in [5.74, 6) is -0.372. The number of amides is 1. The Labute approximate surface area is 172 Å². The predicted molar refractivity (Wildman–Crippen MR) is 110 cm³/mol. The highest BCUT2D eigenvalue weighted by atomic mass is 35.5. The van der Waals surface area contributed by atoms with Crippen molar-refractivity contribution in [3.8, 4) is 5.75 Å². The Morgan fingerprint density at radius 3 is 2.34 bits per heavy atom. The highest BCUT2D eigenvalue weighted by Gasteiger charge is 2.29. The number of pyridine rings is 1. The number of rotatable bonds is 7. The van der Waals surface area contributed by atoms with Crippen LogP contribution in [0.25, 0.3) is 0 Å². The lowest BCUT2D eigenvalue weighted by Crippen LogP contribution is -2.41. The normalized spacial score (nSPS) is 11.5. The smallest absolute Gasteiger partial charge is 0.251 e. The Bertz CT molecular complexity index is 1060. The molecule has 1 amide bonds. The van der Waals surface area contributed by atoms with E-state index in [-0.39, 0.29) is 12.1 Å². The van der Waals surface area contributed by atoms with Gasteiger partial charge in [-0.25, -0.2) is 0 Å². The van der Waals surface area contributed by atoms with Crippen LogP contribution in [0.3, 0.4) is 0 Å². The molecule has 1 heterocycles. The van der Waals surface area contributed by atoms with Crippen molar-refractivity contribution in [1.29, 1.82) is 0 Å². The summed E-state index contributed by atoms with van der Waals surface area (Å²) < 4.78 is 6.24. The minimum Gasteiger partial charge on any atom is -0.497 e. The largest absolute Gasteiger partial charge is 0.497 e. The van der Waals surface area contributed by atoms with Gasteiger partial charge < -0.3 is 10.1 Å². The maximum absolute atomic E-state index is 13.1. The summed E-state index contributed by atoms with van der Waals surface area (Å²) in [5.41, 5.74) is 0.673. The first-order valence-corrected chi connectivity index (χ1v) is 9.25. The van der Waals surface area contributed by atoms with Crippen molar-refractivity contribution in [3.05, 3.63) is 99.4 Å². The van der Waals surface area contributed by atoms with Gasteiger partial charge in [0.1, 0.15) is 5.75 Å². The Balaban J connectivity index is 1.86. The van der Waals surface area contributed by atoms with Gasteiger partial charge in [-0.1, -0.05) is 29.8 Å². The highest BCUT2D eigenvalue weighted by molar-refractivity contribution is 6.30. The summed E-state index contributed by atoms with van der Waals surface area (Å²) in [7, 11) is 1.57. The summed E-state index contributed by atoms with van der Waals surface area (Å²) in [4.78, 5) is 38.3. The molecule has 2 aromatic carbocycles. The lowest BCUT2D eigenvalue weighted by atomic mass is 10.0. The molecule has 0 aliphatic heterocycles. The Hall–Kier alpha value is -3.38. The number of carbonyl (C=O) groups is 2. The molecule has 0 saturated carbocycles. The second kappa shape index (κ2) is 9.21. The van der Waals surface area contributed by atoms with Gasteiger partial charge in [0, 0.05) is 29.4 Å². The molecule has 0 radical (unpaired) electrons. The zero-order valence-corrected chi connectivity index (χ0v) is 16.4. The number of carbonyl (C=O) groups excluding carboxylic acids is 2. The van der Waals surface area contributed by atoms with Crippen molar-refractivity contribution in [2.24, 2.45) is 0 Å². The molecule has 3 rings (SSSR count). The van der Waals surface area contributed by atoms with Crippen LogP contribution in [0.15, 0.2) is 77.7 Å². The quantitative estimate of drug-likeness (QED) is 0.479. The molecule has 1 unspecified atom stereocenters. The standard InChI is InChI=1S/C22H19ClN2O4/c1-29-18-11-5-15(6-12-18)14-24-22(28)20(25-13-3-2-4-19(25)26)21(27)16-7-9-17(23)10-8-16/h2-13,20H,14H2,1H3,(H,24,28). The average Bonchev–Trinajstić information content (AvgIpc) is 2.74. The van der Waals surface area contributed by atoms with E-state index in [9.17, 15) is 14.4 Å². The number of Topliss-reactive ketones (excluding diaryl/α,β-unsaturated/α-hetero) is 1. The molecule has 0 aliphatic carbocycles. The van der Waals surface area contributed by atoms with Crippen molar-refractivity contribution >= 4 is 23.3 Å². The number of ether oxygens (including phenoxy) is 1. The van der Waals surface area contributed by atoms with Gasteiger partial charge in [0.15, 0.2) is 11.8 Å². The van der Waals surface area contributed by atoms with Gasteiger partial charge in [-0.3, -0.25) is 19.0 Å². The lowest BCUT2D eigenvalue weighted by molar-refractivity contribution is -0.123. The first-order valence-electron chi connectivity index (χ1n) is 8.87. The fourth-order valence-electron chi connectivity index (χ4n) is 2.83. The second-order valence-electron chi connectivity index (χ2n) is 6.29. The van der Waals surface area contributed by atoms with E-state index in [4.69, 9.17) is 16.3 Å². The van der Waals surface area contributed by atoms with Gasteiger partial charge in [-0.05, 0) is 48.0 Å². The van der Waals surface area contributed by atoms with E-state index >= 15 is 0 Å². The van der Waals surface area contributed by atoms with Gasteiger partial charge in [-0.15, -0.1) is 0 Å². The number of hydrogen-bond acceptors (Lipinski definition) is 4. The molecule has 3 aromatic rings. The zero-order valence-electron chi connectivity index (χ0n) is 15.7. The van der Waals surface area contributed by atoms with Crippen molar-refractivity contribution in [2.75, 3.05) is 7.11 Å². The fraction of sp³-hybridized carbons (Fsp3) is 0.136. The number of benzene rings is 2. The third-order valence-electron chi connectivity index (χ3n) is 4.38. The SMILES string of the molecule is COc1ccc(CNC(=O)C(C(=O)c2ccc(Cl)cc2)n2ccccc2=O)cc1. The van der Waals surface area contributed by atoms with Crippen molar-refractivity contribution in [2.45, 2.75) is 12.6 Å². The van der Waals surface area contributed by atoms with E-state index in [0.29, 0.717) is 10.8 Å². The van der Waals surface area contributed by atoms with E-state index in [2.05, 4.69) is 5.32 Å². The van der Waals surface area contributed by atoms with Crippen molar-refractivity contribution in [1.82, 2.24) is 9.88 Å². The third-order valence-corrected chi connectivity index (χ3v) is 4.63. The lowest BCUT2D eigenvalue weighted by Gasteiger charge is -2.18. The summed E-state index contributed by atoms with van der Waals surface area (Å²) in [6.07, 6.45) is 1.42. The van der Waals surface area contributed by atoms with E-state index in [1.54, 1.807) is 43.5 Å². The first-order chi connectivity index (χ1) is 14.0.